The molecule has 0 saturated heterocycles. The molecule has 28 heavy (non-hydrogen) atoms. The number of nitrogens with one attached hydrogen (secondary N) is 2. The SMILES string of the molecule is Cn1cc(-c2ccccc2CNC(=O)C(Cc2ccccc2)NC(N)=O)cn1. The van der Waals surface area contributed by atoms with E-state index in [0.717, 1.165) is 22.3 Å². The van der Waals surface area contributed by atoms with Crippen LogP contribution in [0, 0.1) is 0 Å². The Morgan fingerprint density at radius 3 is 2.50 bits per heavy atom. The van der Waals surface area contributed by atoms with Gasteiger partial charge in [-0.3, -0.25) is 9.48 Å². The number of urea groups is 1. The number of nitrogens with two attached hydrogens (primary N) is 1. The first kappa shape index (κ1) is 19.2. The number of aromatic nitrogens is 2. The molecule has 7 nitrogen and oxygen atoms in total. The van der Waals surface area contributed by atoms with E-state index in [4.69, 9.17) is 5.73 Å². The molecular weight excluding hydrogens is 354 g/mol. The van der Waals surface area contributed by atoms with Crippen LogP contribution in [0.1, 0.15) is 11.1 Å². The number of carbonyl (C=O) groups is 2. The van der Waals surface area contributed by atoms with Crippen LogP contribution in [0.15, 0.2) is 67.0 Å². The van der Waals surface area contributed by atoms with E-state index in [0.29, 0.717) is 13.0 Å². The van der Waals surface area contributed by atoms with Crippen molar-refractivity contribution in [2.24, 2.45) is 12.8 Å². The molecule has 1 unspecified atom stereocenters. The van der Waals surface area contributed by atoms with Crippen molar-refractivity contribution in [2.75, 3.05) is 0 Å². The fourth-order valence-corrected chi connectivity index (χ4v) is 3.05. The molecule has 1 aromatic heterocycles. The van der Waals surface area contributed by atoms with Gasteiger partial charge in [0.2, 0.25) is 5.91 Å². The summed E-state index contributed by atoms with van der Waals surface area (Å²) in [6.45, 7) is 0.329. The van der Waals surface area contributed by atoms with Crippen LogP contribution in [0.4, 0.5) is 4.79 Å². The van der Waals surface area contributed by atoms with E-state index in [1.165, 1.54) is 0 Å². The summed E-state index contributed by atoms with van der Waals surface area (Å²) in [7, 11) is 1.86. The van der Waals surface area contributed by atoms with Crippen molar-refractivity contribution in [3.63, 3.8) is 0 Å². The maximum Gasteiger partial charge on any atom is 0.312 e. The van der Waals surface area contributed by atoms with E-state index in [1.807, 2.05) is 67.8 Å². The van der Waals surface area contributed by atoms with Gasteiger partial charge < -0.3 is 16.4 Å². The van der Waals surface area contributed by atoms with E-state index in [-0.39, 0.29) is 5.91 Å². The van der Waals surface area contributed by atoms with Crippen LogP contribution in [0.3, 0.4) is 0 Å². The lowest BCUT2D eigenvalue weighted by Gasteiger charge is -2.18. The summed E-state index contributed by atoms with van der Waals surface area (Å²) in [6.07, 6.45) is 4.07. The summed E-state index contributed by atoms with van der Waals surface area (Å²) in [4.78, 5) is 24.1. The van der Waals surface area contributed by atoms with Crippen molar-refractivity contribution < 1.29 is 9.59 Å². The van der Waals surface area contributed by atoms with Crippen molar-refractivity contribution in [3.8, 4) is 11.1 Å². The third-order valence-corrected chi connectivity index (χ3v) is 4.40. The topological polar surface area (TPSA) is 102 Å². The summed E-state index contributed by atoms with van der Waals surface area (Å²) in [5, 5.41) is 9.64. The molecule has 0 radical (unpaired) electrons. The van der Waals surface area contributed by atoms with Gasteiger partial charge in [-0.1, -0.05) is 54.6 Å². The molecule has 7 heteroatoms. The third-order valence-electron chi connectivity index (χ3n) is 4.40. The van der Waals surface area contributed by atoms with Gasteiger partial charge in [-0.2, -0.15) is 5.10 Å². The quantitative estimate of drug-likeness (QED) is 0.587. The van der Waals surface area contributed by atoms with Crippen LogP contribution in [-0.2, 0) is 24.8 Å². The van der Waals surface area contributed by atoms with Gasteiger partial charge in [0.1, 0.15) is 6.04 Å². The summed E-state index contributed by atoms with van der Waals surface area (Å²) >= 11 is 0. The standard InChI is InChI=1S/C21H23N5O2/c1-26-14-17(13-24-26)18-10-6-5-9-16(18)12-23-20(27)19(25-21(22)28)11-15-7-3-2-4-8-15/h2-10,13-14,19H,11-12H2,1H3,(H,23,27)(H3,22,25,28). The van der Waals surface area contributed by atoms with Crippen LogP contribution in [0.5, 0.6) is 0 Å². The maximum atomic E-state index is 12.7. The zero-order valence-corrected chi connectivity index (χ0v) is 15.6. The summed E-state index contributed by atoms with van der Waals surface area (Å²) < 4.78 is 1.73. The highest BCUT2D eigenvalue weighted by Gasteiger charge is 2.20. The van der Waals surface area contributed by atoms with Gasteiger partial charge in [-0.05, 0) is 16.7 Å². The van der Waals surface area contributed by atoms with Gasteiger partial charge >= 0.3 is 6.03 Å². The van der Waals surface area contributed by atoms with Crippen molar-refractivity contribution in [1.82, 2.24) is 20.4 Å². The van der Waals surface area contributed by atoms with Crippen molar-refractivity contribution in [3.05, 3.63) is 78.1 Å². The average molecular weight is 377 g/mol. The zero-order valence-electron chi connectivity index (χ0n) is 15.6. The van der Waals surface area contributed by atoms with E-state index in [1.54, 1.807) is 10.9 Å². The highest BCUT2D eigenvalue weighted by atomic mass is 16.2. The molecule has 0 spiro atoms. The molecule has 0 aliphatic rings. The van der Waals surface area contributed by atoms with Crippen LogP contribution in [-0.4, -0.2) is 27.8 Å². The fraction of sp³-hybridized carbons (Fsp3) is 0.190. The number of carbonyl (C=O) groups excluding carboxylic acids is 2. The van der Waals surface area contributed by atoms with Crippen LogP contribution in [0.25, 0.3) is 11.1 Å². The number of aryl methyl sites for hydroxylation is 1. The first-order chi connectivity index (χ1) is 13.5. The Bertz CT molecular complexity index is 952. The molecule has 0 aliphatic carbocycles. The Labute approximate surface area is 163 Å². The molecule has 1 heterocycles. The predicted molar refractivity (Wildman–Crippen MR) is 107 cm³/mol. The smallest absolute Gasteiger partial charge is 0.312 e. The molecule has 144 valence electrons. The van der Waals surface area contributed by atoms with Gasteiger partial charge in [0.25, 0.3) is 0 Å². The van der Waals surface area contributed by atoms with Gasteiger partial charge in [0, 0.05) is 31.8 Å². The normalized spacial score (nSPS) is 11.6. The number of benzene rings is 2. The predicted octanol–water partition coefficient (Wildman–Crippen LogP) is 1.98. The van der Waals surface area contributed by atoms with E-state index in [9.17, 15) is 9.59 Å². The maximum absolute atomic E-state index is 12.7. The van der Waals surface area contributed by atoms with E-state index >= 15 is 0 Å². The van der Waals surface area contributed by atoms with Gasteiger partial charge in [-0.25, -0.2) is 4.79 Å². The monoisotopic (exact) mass is 377 g/mol. The lowest BCUT2D eigenvalue weighted by molar-refractivity contribution is -0.123. The molecule has 0 fully saturated rings. The second kappa shape index (κ2) is 8.85. The zero-order chi connectivity index (χ0) is 19.9. The number of amides is 3. The largest absolute Gasteiger partial charge is 0.352 e. The summed E-state index contributed by atoms with van der Waals surface area (Å²) in [5.74, 6) is -0.288. The molecule has 0 bridgehead atoms. The van der Waals surface area contributed by atoms with Crippen molar-refractivity contribution in [1.29, 1.82) is 0 Å². The highest BCUT2D eigenvalue weighted by molar-refractivity contribution is 5.87. The average Bonchev–Trinajstić information content (AvgIpc) is 3.12. The van der Waals surface area contributed by atoms with Crippen LogP contribution < -0.4 is 16.4 Å². The lowest BCUT2D eigenvalue weighted by Crippen LogP contribution is -2.49. The number of hydrogen-bond acceptors (Lipinski definition) is 3. The molecular formula is C21H23N5O2. The van der Waals surface area contributed by atoms with Crippen LogP contribution in [0.2, 0.25) is 0 Å². The Balaban J connectivity index is 1.71. The minimum Gasteiger partial charge on any atom is -0.352 e. The minimum atomic E-state index is -0.745. The fourth-order valence-electron chi connectivity index (χ4n) is 3.05. The van der Waals surface area contributed by atoms with Gasteiger partial charge in [-0.15, -0.1) is 0 Å². The third kappa shape index (κ3) is 4.97. The Hall–Kier alpha value is -3.61. The number of nitrogens with zero attached hydrogens (tertiary/aromatic N) is 2. The molecule has 4 N–H and O–H groups in total. The molecule has 2 aromatic carbocycles. The minimum absolute atomic E-state index is 0.288. The van der Waals surface area contributed by atoms with Crippen LogP contribution >= 0.6 is 0 Å². The van der Waals surface area contributed by atoms with Gasteiger partial charge in [0.05, 0.1) is 6.20 Å². The van der Waals surface area contributed by atoms with Crippen molar-refractivity contribution in [2.45, 2.75) is 19.0 Å². The molecule has 3 amide bonds. The second-order valence-electron chi connectivity index (χ2n) is 6.53. The molecule has 0 saturated carbocycles. The number of primary amides is 1. The number of hydrogen-bond donors (Lipinski definition) is 3. The first-order valence-corrected chi connectivity index (χ1v) is 8.97. The molecule has 3 aromatic rings. The number of rotatable bonds is 7. The second-order valence-corrected chi connectivity index (χ2v) is 6.53. The first-order valence-electron chi connectivity index (χ1n) is 8.97. The summed E-state index contributed by atoms with van der Waals surface area (Å²) in [6, 6.07) is 15.8. The van der Waals surface area contributed by atoms with E-state index in [2.05, 4.69) is 15.7 Å². The van der Waals surface area contributed by atoms with E-state index < -0.39 is 12.1 Å². The molecule has 3 rings (SSSR count). The Morgan fingerprint density at radius 1 is 1.11 bits per heavy atom. The highest BCUT2D eigenvalue weighted by Crippen LogP contribution is 2.22. The Morgan fingerprint density at radius 2 is 1.82 bits per heavy atom. The van der Waals surface area contributed by atoms with Gasteiger partial charge in [0.15, 0.2) is 0 Å². The molecule has 0 aliphatic heterocycles. The molecule has 1 atom stereocenters. The lowest BCUT2D eigenvalue weighted by atomic mass is 10.0. The summed E-state index contributed by atoms with van der Waals surface area (Å²) in [5.41, 5.74) is 9.13. The Kier molecular flexibility index (Phi) is 6.06. The van der Waals surface area contributed by atoms with Crippen molar-refractivity contribution >= 4 is 11.9 Å².